The number of alkyl carbamates (subject to hydrolysis) is 1. The van der Waals surface area contributed by atoms with Crippen LogP contribution >= 0.6 is 0 Å². The van der Waals surface area contributed by atoms with Crippen LogP contribution in [0.25, 0.3) is 0 Å². The number of carbonyl (C=O) groups is 3. The molecule has 0 spiro atoms. The molecule has 0 bridgehead atoms. The lowest BCUT2D eigenvalue weighted by Gasteiger charge is -2.38. The number of unbranched alkanes of at least 4 members (excludes halogenated alkanes) is 2. The van der Waals surface area contributed by atoms with Gasteiger partial charge in [-0.1, -0.05) is 75.2 Å². The number of hydrogen-bond donors (Lipinski definition) is 3. The van der Waals surface area contributed by atoms with E-state index in [0.717, 1.165) is 24.8 Å². The number of nitrogens with zero attached hydrogens (tertiary/aromatic N) is 1. The largest absolute Gasteiger partial charge is 0.507 e. The molecular formula is C32H47N3O5. The summed E-state index contributed by atoms with van der Waals surface area (Å²) < 4.78 is 5.49. The van der Waals surface area contributed by atoms with Crippen molar-refractivity contribution in [3.8, 4) is 5.75 Å². The van der Waals surface area contributed by atoms with E-state index in [1.54, 1.807) is 45.9 Å². The second kappa shape index (κ2) is 15.3. The van der Waals surface area contributed by atoms with E-state index in [1.165, 1.54) is 4.90 Å². The van der Waals surface area contributed by atoms with Gasteiger partial charge in [0.2, 0.25) is 11.8 Å². The zero-order valence-electron chi connectivity index (χ0n) is 25.1. The third-order valence-electron chi connectivity index (χ3n) is 6.76. The van der Waals surface area contributed by atoms with Crippen molar-refractivity contribution in [1.82, 2.24) is 15.5 Å². The first kappa shape index (κ1) is 32.7. The molecule has 3 N–H and O–H groups in total. The lowest BCUT2D eigenvalue weighted by molar-refractivity contribution is -0.145. The average molecular weight is 554 g/mol. The number of carbonyl (C=O) groups excluding carboxylic acids is 3. The van der Waals surface area contributed by atoms with Crippen molar-refractivity contribution in [1.29, 1.82) is 0 Å². The molecule has 0 aromatic heterocycles. The van der Waals surface area contributed by atoms with Crippen molar-refractivity contribution >= 4 is 17.9 Å². The average Bonchev–Trinajstić information content (AvgIpc) is 2.90. The molecule has 8 nitrogen and oxygen atoms in total. The Morgan fingerprint density at radius 3 is 2.27 bits per heavy atom. The first-order chi connectivity index (χ1) is 18.9. The van der Waals surface area contributed by atoms with E-state index in [9.17, 15) is 19.5 Å². The predicted octanol–water partition coefficient (Wildman–Crippen LogP) is 5.81. The fourth-order valence-electron chi connectivity index (χ4n) is 4.48. The van der Waals surface area contributed by atoms with Crippen LogP contribution in [-0.4, -0.2) is 52.1 Å². The number of aryl methyl sites for hydroxylation is 1. The summed E-state index contributed by atoms with van der Waals surface area (Å²) in [6.07, 6.45) is 2.83. The first-order valence-electron chi connectivity index (χ1n) is 14.3. The standard InChI is InChI=1S/C32H47N3O5/c1-8-10-14-20-33-29(37)27(25-19-15-16-22(3)28(25)36)35(23(4)9-2)30(38)26(21-24-17-12-11-13-18-24)34-31(39)40-32(5,6)7/h11-13,15-19,23,26-27,36H,8-10,14,20-21H2,1-7H3,(H,33,37)(H,34,39). The van der Waals surface area contributed by atoms with E-state index < -0.39 is 29.7 Å². The Morgan fingerprint density at radius 1 is 1.00 bits per heavy atom. The van der Waals surface area contributed by atoms with E-state index in [1.807, 2.05) is 44.2 Å². The van der Waals surface area contributed by atoms with Crippen molar-refractivity contribution in [3.05, 3.63) is 65.2 Å². The molecule has 0 fully saturated rings. The van der Waals surface area contributed by atoms with E-state index in [2.05, 4.69) is 17.6 Å². The minimum absolute atomic E-state index is 0.0305. The summed E-state index contributed by atoms with van der Waals surface area (Å²) in [4.78, 5) is 42.6. The van der Waals surface area contributed by atoms with Crippen LogP contribution in [0.4, 0.5) is 4.79 Å². The smallest absolute Gasteiger partial charge is 0.408 e. The summed E-state index contributed by atoms with van der Waals surface area (Å²) >= 11 is 0. The molecule has 2 aromatic rings. The van der Waals surface area contributed by atoms with E-state index in [-0.39, 0.29) is 24.1 Å². The molecule has 0 aliphatic rings. The summed E-state index contributed by atoms with van der Waals surface area (Å²) in [6, 6.07) is 12.1. The van der Waals surface area contributed by atoms with Gasteiger partial charge >= 0.3 is 6.09 Å². The van der Waals surface area contributed by atoms with Crippen LogP contribution in [0.5, 0.6) is 5.75 Å². The first-order valence-corrected chi connectivity index (χ1v) is 14.3. The van der Waals surface area contributed by atoms with Gasteiger partial charge in [0.15, 0.2) is 0 Å². The SMILES string of the molecule is CCCCCNC(=O)C(c1cccc(C)c1O)N(C(=O)C(Cc1ccccc1)NC(=O)OC(C)(C)C)C(C)CC. The van der Waals surface area contributed by atoms with Gasteiger partial charge in [0.25, 0.3) is 0 Å². The number of amides is 3. The second-order valence-electron chi connectivity index (χ2n) is 11.3. The number of para-hydroxylation sites is 1. The number of rotatable bonds is 13. The molecule has 220 valence electrons. The molecule has 0 aliphatic carbocycles. The Morgan fingerprint density at radius 2 is 1.68 bits per heavy atom. The highest BCUT2D eigenvalue weighted by atomic mass is 16.6. The number of nitrogens with one attached hydrogen (secondary N) is 2. The van der Waals surface area contributed by atoms with Crippen molar-refractivity contribution < 1.29 is 24.2 Å². The van der Waals surface area contributed by atoms with E-state index in [4.69, 9.17) is 4.74 Å². The number of benzene rings is 2. The Kier molecular flexibility index (Phi) is 12.5. The lowest BCUT2D eigenvalue weighted by Crippen LogP contribution is -2.56. The molecule has 3 amide bonds. The summed E-state index contributed by atoms with van der Waals surface area (Å²) in [5, 5.41) is 16.8. The van der Waals surface area contributed by atoms with Crippen molar-refractivity contribution in [2.75, 3.05) is 6.54 Å². The molecule has 8 heteroatoms. The Bertz CT molecular complexity index is 1110. The fraction of sp³-hybridized carbons (Fsp3) is 0.531. The van der Waals surface area contributed by atoms with Crippen molar-refractivity contribution in [3.63, 3.8) is 0 Å². The minimum Gasteiger partial charge on any atom is -0.507 e. The second-order valence-corrected chi connectivity index (χ2v) is 11.3. The summed E-state index contributed by atoms with van der Waals surface area (Å²) in [5.74, 6) is -0.836. The van der Waals surface area contributed by atoms with Gasteiger partial charge in [-0.25, -0.2) is 4.79 Å². The summed E-state index contributed by atoms with van der Waals surface area (Å²) in [5.41, 5.74) is 1.04. The van der Waals surface area contributed by atoms with Crippen LogP contribution in [0.15, 0.2) is 48.5 Å². The van der Waals surface area contributed by atoms with Crippen molar-refractivity contribution in [2.24, 2.45) is 0 Å². The maximum Gasteiger partial charge on any atom is 0.408 e. The molecule has 40 heavy (non-hydrogen) atoms. The fourth-order valence-corrected chi connectivity index (χ4v) is 4.48. The van der Waals surface area contributed by atoms with Crippen LogP contribution in [0.2, 0.25) is 0 Å². The van der Waals surface area contributed by atoms with Crippen LogP contribution in [0.1, 0.15) is 90.0 Å². The number of hydrogen-bond acceptors (Lipinski definition) is 5. The van der Waals surface area contributed by atoms with Gasteiger partial charge in [-0.2, -0.15) is 0 Å². The Hall–Kier alpha value is -3.55. The zero-order chi connectivity index (χ0) is 29.9. The molecule has 0 saturated carbocycles. The minimum atomic E-state index is -1.09. The Labute approximate surface area is 239 Å². The molecule has 2 rings (SSSR count). The maximum atomic E-state index is 14.4. The zero-order valence-corrected chi connectivity index (χ0v) is 25.1. The van der Waals surface area contributed by atoms with Gasteiger partial charge in [-0.15, -0.1) is 0 Å². The number of phenols is 1. The molecule has 0 saturated heterocycles. The van der Waals surface area contributed by atoms with Gasteiger partial charge in [-0.3, -0.25) is 9.59 Å². The predicted molar refractivity (Wildman–Crippen MR) is 158 cm³/mol. The quantitative estimate of drug-likeness (QED) is 0.271. The molecule has 2 aromatic carbocycles. The molecule has 0 heterocycles. The highest BCUT2D eigenvalue weighted by molar-refractivity contribution is 5.93. The summed E-state index contributed by atoms with van der Waals surface area (Å²) in [7, 11) is 0. The molecular weight excluding hydrogens is 506 g/mol. The van der Waals surface area contributed by atoms with Gasteiger partial charge in [-0.05, 0) is 58.6 Å². The highest BCUT2D eigenvalue weighted by Crippen LogP contribution is 2.34. The maximum absolute atomic E-state index is 14.4. The normalized spacial score (nSPS) is 13.6. The van der Waals surface area contributed by atoms with Crippen LogP contribution in [0.3, 0.4) is 0 Å². The van der Waals surface area contributed by atoms with Crippen LogP contribution < -0.4 is 10.6 Å². The number of ether oxygens (including phenoxy) is 1. The van der Waals surface area contributed by atoms with Crippen molar-refractivity contribution in [2.45, 2.75) is 104 Å². The number of aromatic hydroxyl groups is 1. The van der Waals surface area contributed by atoms with Gasteiger partial charge < -0.3 is 25.4 Å². The van der Waals surface area contributed by atoms with E-state index >= 15 is 0 Å². The lowest BCUT2D eigenvalue weighted by atomic mass is 9.96. The Balaban J connectivity index is 2.58. The van der Waals surface area contributed by atoms with E-state index in [0.29, 0.717) is 24.1 Å². The number of phenolic OH excluding ortho intramolecular Hbond substituents is 1. The molecule has 0 radical (unpaired) electrons. The molecule has 0 aliphatic heterocycles. The van der Waals surface area contributed by atoms with Gasteiger partial charge in [0.1, 0.15) is 23.4 Å². The van der Waals surface area contributed by atoms with Gasteiger partial charge in [0, 0.05) is 24.6 Å². The topological polar surface area (TPSA) is 108 Å². The monoisotopic (exact) mass is 553 g/mol. The third-order valence-corrected chi connectivity index (χ3v) is 6.76. The van der Waals surface area contributed by atoms with Crippen LogP contribution in [-0.2, 0) is 20.7 Å². The highest BCUT2D eigenvalue weighted by Gasteiger charge is 2.39. The van der Waals surface area contributed by atoms with Crippen LogP contribution in [0, 0.1) is 6.92 Å². The summed E-state index contributed by atoms with van der Waals surface area (Å²) in [6.45, 7) is 13.4. The molecule has 3 atom stereocenters. The third kappa shape index (κ3) is 9.57. The van der Waals surface area contributed by atoms with Gasteiger partial charge in [0.05, 0.1) is 0 Å². The molecule has 3 unspecified atom stereocenters.